The number of nitrogens with zero attached hydrogens (tertiary/aromatic N) is 1. The van der Waals surface area contributed by atoms with E-state index in [0.717, 1.165) is 6.42 Å². The van der Waals surface area contributed by atoms with Crippen LogP contribution in [0.2, 0.25) is 5.02 Å². The van der Waals surface area contributed by atoms with Crippen LogP contribution < -0.4 is 10.1 Å². The summed E-state index contributed by atoms with van der Waals surface area (Å²) >= 11 is 5.93. The van der Waals surface area contributed by atoms with Crippen molar-refractivity contribution in [1.29, 1.82) is 0 Å². The van der Waals surface area contributed by atoms with Crippen molar-refractivity contribution in [3.63, 3.8) is 0 Å². The highest BCUT2D eigenvalue weighted by Gasteiger charge is 2.27. The summed E-state index contributed by atoms with van der Waals surface area (Å²) in [5.41, 5.74) is 0.326. The molecule has 0 aliphatic rings. The molecular formula is C22H26ClFN2O3. The minimum absolute atomic E-state index is 0.0296. The number of rotatable bonds is 9. The van der Waals surface area contributed by atoms with Crippen LogP contribution in [0, 0.1) is 5.82 Å². The number of hydrogen-bond acceptors (Lipinski definition) is 3. The van der Waals surface area contributed by atoms with E-state index < -0.39 is 17.8 Å². The van der Waals surface area contributed by atoms with Gasteiger partial charge in [-0.25, -0.2) is 4.39 Å². The molecule has 0 spiro atoms. The van der Waals surface area contributed by atoms with Gasteiger partial charge in [0.25, 0.3) is 5.91 Å². The molecule has 2 atom stereocenters. The molecule has 7 heteroatoms. The fourth-order valence-electron chi connectivity index (χ4n) is 2.64. The molecule has 0 aromatic heterocycles. The van der Waals surface area contributed by atoms with Crippen LogP contribution in [0.5, 0.6) is 5.75 Å². The average molecular weight is 421 g/mol. The Balaban J connectivity index is 2.17. The van der Waals surface area contributed by atoms with Crippen molar-refractivity contribution in [3.8, 4) is 5.75 Å². The molecule has 0 aliphatic carbocycles. The first kappa shape index (κ1) is 22.7. The number of nitrogens with one attached hydrogen (secondary N) is 1. The van der Waals surface area contributed by atoms with Gasteiger partial charge < -0.3 is 15.0 Å². The van der Waals surface area contributed by atoms with Gasteiger partial charge in [0.15, 0.2) is 6.61 Å². The first-order valence-corrected chi connectivity index (χ1v) is 9.91. The number of carbonyl (C=O) groups is 2. The molecule has 0 fully saturated rings. The van der Waals surface area contributed by atoms with Crippen molar-refractivity contribution in [1.82, 2.24) is 10.2 Å². The molecule has 5 nitrogen and oxygen atoms in total. The normalized spacial score (nSPS) is 12.7. The molecule has 1 N–H and O–H groups in total. The highest BCUT2D eigenvalue weighted by molar-refractivity contribution is 6.30. The average Bonchev–Trinajstić information content (AvgIpc) is 2.70. The Bertz CT molecular complexity index is 846. The quantitative estimate of drug-likeness (QED) is 0.661. The lowest BCUT2D eigenvalue weighted by Crippen LogP contribution is -2.50. The van der Waals surface area contributed by atoms with Gasteiger partial charge >= 0.3 is 0 Å². The van der Waals surface area contributed by atoms with Gasteiger partial charge in [0.1, 0.15) is 17.6 Å². The summed E-state index contributed by atoms with van der Waals surface area (Å²) in [7, 11) is 0. The fourth-order valence-corrected chi connectivity index (χ4v) is 2.82. The van der Waals surface area contributed by atoms with Gasteiger partial charge in [-0.3, -0.25) is 9.59 Å². The van der Waals surface area contributed by atoms with Gasteiger partial charge in [-0.2, -0.15) is 0 Å². The van der Waals surface area contributed by atoms with E-state index in [0.29, 0.717) is 16.3 Å². The zero-order valence-electron chi connectivity index (χ0n) is 16.8. The van der Waals surface area contributed by atoms with Gasteiger partial charge in [0.05, 0.1) is 0 Å². The molecule has 2 aromatic carbocycles. The Kier molecular flexibility index (Phi) is 8.46. The largest absolute Gasteiger partial charge is 0.484 e. The van der Waals surface area contributed by atoms with Crippen LogP contribution in [-0.2, 0) is 16.1 Å². The van der Waals surface area contributed by atoms with Crippen LogP contribution in [0.15, 0.2) is 48.5 Å². The summed E-state index contributed by atoms with van der Waals surface area (Å²) in [5, 5.41) is 3.35. The van der Waals surface area contributed by atoms with Gasteiger partial charge in [-0.05, 0) is 44.5 Å². The molecule has 0 bridgehead atoms. The number of benzene rings is 2. The Labute approximate surface area is 175 Å². The zero-order valence-corrected chi connectivity index (χ0v) is 17.6. The number of amides is 2. The van der Waals surface area contributed by atoms with E-state index in [4.69, 9.17) is 16.3 Å². The summed E-state index contributed by atoms with van der Waals surface area (Å²) in [4.78, 5) is 26.8. The molecule has 0 unspecified atom stereocenters. The van der Waals surface area contributed by atoms with E-state index in [-0.39, 0.29) is 25.1 Å². The molecule has 0 saturated heterocycles. The van der Waals surface area contributed by atoms with Crippen LogP contribution >= 0.6 is 11.6 Å². The Morgan fingerprint density at radius 2 is 1.90 bits per heavy atom. The van der Waals surface area contributed by atoms with Crippen LogP contribution in [-0.4, -0.2) is 35.4 Å². The summed E-state index contributed by atoms with van der Waals surface area (Å²) in [6.07, 6.45) is 0.762. The lowest BCUT2D eigenvalue weighted by Gasteiger charge is -2.29. The van der Waals surface area contributed by atoms with E-state index in [2.05, 4.69) is 5.32 Å². The molecule has 2 rings (SSSR count). The second-order valence-corrected chi connectivity index (χ2v) is 7.29. The number of ether oxygens (including phenoxy) is 1. The molecule has 0 heterocycles. The van der Waals surface area contributed by atoms with Gasteiger partial charge in [0.2, 0.25) is 5.91 Å². The van der Waals surface area contributed by atoms with E-state index in [1.807, 2.05) is 13.8 Å². The standard InChI is InChI=1S/C22H26ClFN2O3/c1-4-15(2)25-22(28)16(3)26(13-17-8-5-6-11-20(17)24)21(27)14-29-19-10-7-9-18(23)12-19/h5-12,15-16H,4,13-14H2,1-3H3,(H,25,28)/t15-,16+/m1/s1. The smallest absolute Gasteiger partial charge is 0.261 e. The van der Waals surface area contributed by atoms with Crippen molar-refractivity contribution in [2.75, 3.05) is 6.61 Å². The summed E-state index contributed by atoms with van der Waals surface area (Å²) in [5.74, 6) is -0.726. The molecule has 2 aromatic rings. The summed E-state index contributed by atoms with van der Waals surface area (Å²) < 4.78 is 19.7. The first-order valence-electron chi connectivity index (χ1n) is 9.53. The lowest BCUT2D eigenvalue weighted by atomic mass is 10.1. The molecule has 29 heavy (non-hydrogen) atoms. The molecule has 0 radical (unpaired) electrons. The van der Waals surface area contributed by atoms with Crippen LogP contribution in [0.3, 0.4) is 0 Å². The third-order valence-electron chi connectivity index (χ3n) is 4.63. The SMILES string of the molecule is CC[C@@H](C)NC(=O)[C@H](C)N(Cc1ccccc1F)C(=O)COc1cccc(Cl)c1. The third-order valence-corrected chi connectivity index (χ3v) is 4.86. The van der Waals surface area contributed by atoms with E-state index >= 15 is 0 Å². The molecule has 2 amide bonds. The monoisotopic (exact) mass is 420 g/mol. The second kappa shape index (κ2) is 10.8. The topological polar surface area (TPSA) is 58.6 Å². The highest BCUT2D eigenvalue weighted by Crippen LogP contribution is 2.18. The summed E-state index contributed by atoms with van der Waals surface area (Å²) in [6.45, 7) is 5.12. The predicted octanol–water partition coefficient (Wildman–Crippen LogP) is 4.19. The highest BCUT2D eigenvalue weighted by atomic mass is 35.5. The zero-order chi connectivity index (χ0) is 21.4. The van der Waals surface area contributed by atoms with Crippen LogP contribution in [0.4, 0.5) is 4.39 Å². The Morgan fingerprint density at radius 1 is 1.17 bits per heavy atom. The maximum atomic E-state index is 14.2. The van der Waals surface area contributed by atoms with Gasteiger partial charge in [-0.15, -0.1) is 0 Å². The molecule has 0 saturated carbocycles. The number of hydrogen-bond donors (Lipinski definition) is 1. The van der Waals surface area contributed by atoms with E-state index in [9.17, 15) is 14.0 Å². The predicted molar refractivity (Wildman–Crippen MR) is 111 cm³/mol. The second-order valence-electron chi connectivity index (χ2n) is 6.85. The lowest BCUT2D eigenvalue weighted by molar-refractivity contribution is -0.142. The van der Waals surface area contributed by atoms with E-state index in [1.165, 1.54) is 11.0 Å². The van der Waals surface area contributed by atoms with Crippen LogP contribution in [0.25, 0.3) is 0 Å². The van der Waals surface area contributed by atoms with Gasteiger partial charge in [0, 0.05) is 23.2 Å². The minimum atomic E-state index is -0.793. The number of halogens is 2. The molecular weight excluding hydrogens is 395 g/mol. The third kappa shape index (κ3) is 6.75. The fraction of sp³-hybridized carbons (Fsp3) is 0.364. The Morgan fingerprint density at radius 3 is 2.55 bits per heavy atom. The van der Waals surface area contributed by atoms with Crippen molar-refractivity contribution in [2.24, 2.45) is 0 Å². The van der Waals surface area contributed by atoms with Gasteiger partial charge in [-0.1, -0.05) is 42.8 Å². The van der Waals surface area contributed by atoms with Crippen molar-refractivity contribution in [3.05, 3.63) is 64.9 Å². The van der Waals surface area contributed by atoms with Crippen molar-refractivity contribution in [2.45, 2.75) is 45.8 Å². The maximum Gasteiger partial charge on any atom is 0.261 e. The molecule has 156 valence electrons. The molecule has 0 aliphatic heterocycles. The van der Waals surface area contributed by atoms with E-state index in [1.54, 1.807) is 49.4 Å². The van der Waals surface area contributed by atoms with Crippen LogP contribution in [0.1, 0.15) is 32.8 Å². The maximum absolute atomic E-state index is 14.2. The van der Waals surface area contributed by atoms with Crippen molar-refractivity contribution >= 4 is 23.4 Å². The minimum Gasteiger partial charge on any atom is -0.484 e. The first-order chi connectivity index (χ1) is 13.8. The number of carbonyl (C=O) groups excluding carboxylic acids is 2. The summed E-state index contributed by atoms with van der Waals surface area (Å²) in [6, 6.07) is 12.0. The Hall–Kier alpha value is -2.60. The van der Waals surface area contributed by atoms with Crippen molar-refractivity contribution < 1.29 is 18.7 Å².